The van der Waals surface area contributed by atoms with Crippen molar-refractivity contribution in [3.05, 3.63) is 59.2 Å². The molecule has 3 aliphatic rings. The predicted molar refractivity (Wildman–Crippen MR) is 206 cm³/mol. The van der Waals surface area contributed by atoms with Gasteiger partial charge in [-0.2, -0.15) is 0 Å². The number of H-pyrrole nitrogens is 2. The van der Waals surface area contributed by atoms with Gasteiger partial charge < -0.3 is 45.2 Å². The van der Waals surface area contributed by atoms with Crippen LogP contribution in [0.4, 0.5) is 9.59 Å². The topological polar surface area (TPSA) is 187 Å². The second-order valence-corrected chi connectivity index (χ2v) is 15.7. The van der Waals surface area contributed by atoms with Gasteiger partial charge in [0.25, 0.3) is 0 Å². The summed E-state index contributed by atoms with van der Waals surface area (Å²) in [6.45, 7) is 8.84. The van der Waals surface area contributed by atoms with Crippen molar-refractivity contribution >= 4 is 46.1 Å². The lowest BCUT2D eigenvalue weighted by atomic mass is 10.0. The lowest BCUT2D eigenvalue weighted by Gasteiger charge is -2.29. The van der Waals surface area contributed by atoms with Crippen molar-refractivity contribution in [3.8, 4) is 0 Å². The Balaban J connectivity index is 1.03. The number of methoxy groups -OCH3 is 2. The summed E-state index contributed by atoms with van der Waals surface area (Å²) < 4.78 is 9.55. The van der Waals surface area contributed by atoms with E-state index in [9.17, 15) is 19.2 Å². The molecule has 5 N–H and O–H groups in total. The van der Waals surface area contributed by atoms with Gasteiger partial charge in [-0.1, -0.05) is 39.8 Å². The molecule has 0 radical (unpaired) electrons. The molecule has 0 aliphatic carbocycles. The molecule has 0 bridgehead atoms. The molecule has 3 saturated heterocycles. The fourth-order valence-corrected chi connectivity index (χ4v) is 8.50. The van der Waals surface area contributed by atoms with Crippen LogP contribution in [0.25, 0.3) is 22.1 Å². The van der Waals surface area contributed by atoms with Crippen LogP contribution in [0.3, 0.4) is 0 Å². The number of ether oxygens (including phenoxy) is 2. The maximum atomic E-state index is 13.6. The summed E-state index contributed by atoms with van der Waals surface area (Å²) in [5, 5.41) is 9.27. The molecule has 7 rings (SSSR count). The summed E-state index contributed by atoms with van der Waals surface area (Å²) >= 11 is 0. The van der Waals surface area contributed by atoms with Gasteiger partial charge in [0.1, 0.15) is 23.7 Å². The van der Waals surface area contributed by atoms with Gasteiger partial charge in [0.2, 0.25) is 11.8 Å². The second-order valence-electron chi connectivity index (χ2n) is 15.7. The third-order valence-electron chi connectivity index (χ3n) is 11.5. The van der Waals surface area contributed by atoms with Gasteiger partial charge in [0.15, 0.2) is 0 Å². The highest BCUT2D eigenvalue weighted by Gasteiger charge is 2.39. The van der Waals surface area contributed by atoms with Crippen LogP contribution in [0.15, 0.2) is 36.4 Å². The van der Waals surface area contributed by atoms with Crippen LogP contribution >= 0.6 is 0 Å². The van der Waals surface area contributed by atoms with E-state index in [1.165, 1.54) is 25.3 Å². The average molecular weight is 756 g/mol. The quantitative estimate of drug-likeness (QED) is 0.136. The number of carbonyl (C=O) groups excluding carboxylic acids is 4. The van der Waals surface area contributed by atoms with Crippen LogP contribution in [-0.4, -0.2) is 93.1 Å². The maximum Gasteiger partial charge on any atom is 0.407 e. The van der Waals surface area contributed by atoms with E-state index >= 15 is 0 Å². The number of likely N-dealkylation sites (tertiary alicyclic amines) is 2. The van der Waals surface area contributed by atoms with Crippen LogP contribution in [0.5, 0.6) is 0 Å². The molecule has 5 heterocycles. The monoisotopic (exact) mass is 755 g/mol. The number of carbonyl (C=O) groups is 4. The Morgan fingerprint density at radius 3 is 1.47 bits per heavy atom. The van der Waals surface area contributed by atoms with Crippen LogP contribution < -0.4 is 16.0 Å². The number of fused-ring (bicyclic) bond motifs is 2. The minimum atomic E-state index is -0.685. The maximum absolute atomic E-state index is 13.6. The molecule has 6 atom stereocenters. The normalized spacial score (nSPS) is 22.5. The first-order chi connectivity index (χ1) is 26.4. The summed E-state index contributed by atoms with van der Waals surface area (Å²) in [5.41, 5.74) is 5.90. The van der Waals surface area contributed by atoms with Crippen molar-refractivity contribution in [2.45, 2.75) is 102 Å². The summed E-state index contributed by atoms with van der Waals surface area (Å²) in [6, 6.07) is 11.2. The van der Waals surface area contributed by atoms with E-state index in [-0.39, 0.29) is 47.8 Å². The zero-order chi connectivity index (χ0) is 39.0. The van der Waals surface area contributed by atoms with E-state index in [1.807, 2.05) is 49.6 Å². The summed E-state index contributed by atoms with van der Waals surface area (Å²) in [5.74, 6) is 1.05. The van der Waals surface area contributed by atoms with Gasteiger partial charge in [-0.15, -0.1) is 0 Å². The van der Waals surface area contributed by atoms with Gasteiger partial charge in [0, 0.05) is 25.2 Å². The van der Waals surface area contributed by atoms with Crippen molar-refractivity contribution in [1.82, 2.24) is 45.7 Å². The number of nitrogens with zero attached hydrogens (tertiary/aromatic N) is 4. The average Bonchev–Trinajstić information content (AvgIpc) is 4.02. The van der Waals surface area contributed by atoms with Gasteiger partial charge in [-0.3, -0.25) is 9.59 Å². The minimum Gasteiger partial charge on any atom is -0.453 e. The van der Waals surface area contributed by atoms with Gasteiger partial charge in [0.05, 0.1) is 48.4 Å². The molecule has 15 heteroatoms. The molecule has 15 nitrogen and oxygen atoms in total. The Morgan fingerprint density at radius 1 is 0.673 bits per heavy atom. The minimum absolute atomic E-state index is 0.102. The number of aromatic amines is 2. The Bertz CT molecular complexity index is 1910. The first kappa shape index (κ1) is 38.1. The van der Waals surface area contributed by atoms with E-state index in [2.05, 4.69) is 50.2 Å². The molecule has 0 saturated carbocycles. The van der Waals surface area contributed by atoms with Gasteiger partial charge in [-0.05, 0) is 85.8 Å². The highest BCUT2D eigenvalue weighted by Crippen LogP contribution is 2.38. The first-order valence-electron chi connectivity index (χ1n) is 19.5. The third-order valence-corrected chi connectivity index (χ3v) is 11.5. The van der Waals surface area contributed by atoms with E-state index in [4.69, 9.17) is 19.4 Å². The number of hydrogen-bond acceptors (Lipinski definition) is 9. The number of imidazole rings is 2. The number of alkyl carbamates (subject to hydrolysis) is 2. The number of nitrogens with one attached hydrogen (secondary N) is 5. The molecule has 2 aromatic carbocycles. The second kappa shape index (κ2) is 15.9. The number of rotatable bonds is 10. The zero-order valence-electron chi connectivity index (χ0n) is 32.5. The molecular formula is C40H53N9O6. The molecule has 2 unspecified atom stereocenters. The van der Waals surface area contributed by atoms with Crippen molar-refractivity contribution in [1.29, 1.82) is 0 Å². The summed E-state index contributed by atoms with van der Waals surface area (Å²) in [6.07, 6.45) is 3.99. The molecule has 55 heavy (non-hydrogen) atoms. The predicted octanol–water partition coefficient (Wildman–Crippen LogP) is 5.69. The molecule has 294 valence electrons. The number of benzene rings is 2. The Morgan fingerprint density at radius 2 is 1.09 bits per heavy atom. The van der Waals surface area contributed by atoms with Crippen LogP contribution in [-0.2, 0) is 19.1 Å². The molecule has 2 aromatic heterocycles. The molecule has 4 aromatic rings. The zero-order valence-corrected chi connectivity index (χ0v) is 32.5. The number of aromatic nitrogens is 4. The van der Waals surface area contributed by atoms with E-state index in [1.54, 1.807) is 0 Å². The molecule has 3 fully saturated rings. The van der Waals surface area contributed by atoms with Crippen molar-refractivity contribution in [2.75, 3.05) is 27.3 Å². The highest BCUT2D eigenvalue weighted by atomic mass is 16.5. The Hall–Kier alpha value is -5.18. The van der Waals surface area contributed by atoms with E-state index in [0.717, 1.165) is 72.2 Å². The lowest BCUT2D eigenvalue weighted by molar-refractivity contribution is -0.136. The Kier molecular flexibility index (Phi) is 11.0. The molecular weight excluding hydrogens is 702 g/mol. The van der Waals surface area contributed by atoms with Crippen molar-refractivity contribution in [2.24, 2.45) is 11.8 Å². The van der Waals surface area contributed by atoms with Crippen LogP contribution in [0.1, 0.15) is 113 Å². The molecule has 3 aliphatic heterocycles. The van der Waals surface area contributed by atoms with Gasteiger partial charge in [-0.25, -0.2) is 19.6 Å². The first-order valence-corrected chi connectivity index (χ1v) is 19.5. The molecule has 0 spiro atoms. The van der Waals surface area contributed by atoms with Crippen molar-refractivity contribution < 1.29 is 28.7 Å². The van der Waals surface area contributed by atoms with Crippen LogP contribution in [0, 0.1) is 11.8 Å². The SMILES string of the molecule is COC(=O)NC(C(=O)N1CCC[C@H]1c1nc2ccc([C@H]3CC[C@H](c4ccc5nc([C@@H]6CCCN6C(=O)C(NC(=O)OC)C(C)C)[nH]c5c4)N3)cc2[nH]1)C(C)C. The Labute approximate surface area is 320 Å². The summed E-state index contributed by atoms with van der Waals surface area (Å²) in [4.78, 5) is 71.8. The fourth-order valence-electron chi connectivity index (χ4n) is 8.50. The lowest BCUT2D eigenvalue weighted by Crippen LogP contribution is -2.51. The largest absolute Gasteiger partial charge is 0.453 e. The number of hydrogen-bond donors (Lipinski definition) is 5. The van der Waals surface area contributed by atoms with Gasteiger partial charge >= 0.3 is 12.2 Å². The standard InChI is InChI=1S/C40H53N9O6/c1-21(2)33(46-39(52)54-5)37(50)48-17-7-9-31(48)35-42-27-13-11-23(19-29(27)44-35)25-15-16-26(41-25)24-12-14-28-30(20-24)45-36(43-28)32-10-8-18-49(32)38(51)34(22(3)4)47-40(53)55-6/h11-14,19-22,25-26,31-34,41H,7-10,15-18H2,1-6H3,(H,42,44)(H,43,45)(H,46,52)(H,47,53)/t25-,26-,31+,32+,33?,34?/m1/s1. The highest BCUT2D eigenvalue weighted by molar-refractivity contribution is 5.87. The van der Waals surface area contributed by atoms with E-state index in [0.29, 0.717) is 13.1 Å². The van der Waals surface area contributed by atoms with E-state index < -0.39 is 24.3 Å². The third kappa shape index (κ3) is 7.71. The smallest absolute Gasteiger partial charge is 0.407 e. The fraction of sp³-hybridized carbons (Fsp3) is 0.550. The molecule has 4 amide bonds. The van der Waals surface area contributed by atoms with Crippen molar-refractivity contribution in [3.63, 3.8) is 0 Å². The summed E-state index contributed by atoms with van der Waals surface area (Å²) in [7, 11) is 2.59. The van der Waals surface area contributed by atoms with Crippen LogP contribution in [0.2, 0.25) is 0 Å². The number of amides is 4.